The Morgan fingerprint density at radius 1 is 1.47 bits per heavy atom. The van der Waals surface area contributed by atoms with Gasteiger partial charge in [0.2, 0.25) is 0 Å². The van der Waals surface area contributed by atoms with Gasteiger partial charge in [0.1, 0.15) is 5.82 Å². The molecular weight excluding hydrogens is 257 g/mol. The number of hydrogen-bond acceptors (Lipinski definition) is 1. The molecule has 82 valence electrons. The lowest BCUT2D eigenvalue weighted by Gasteiger charge is -2.24. The number of anilines is 1. The molecule has 0 bridgehead atoms. The summed E-state index contributed by atoms with van der Waals surface area (Å²) in [6.07, 6.45) is 2.55. The second-order valence-electron chi connectivity index (χ2n) is 4.47. The number of alkyl halides is 1. The SMILES string of the molecule is CN(CC1(CBr)CC1)c1cccc(F)c1. The van der Waals surface area contributed by atoms with Crippen molar-refractivity contribution in [1.29, 1.82) is 0 Å². The molecule has 0 radical (unpaired) electrons. The maximum absolute atomic E-state index is 13.0. The van der Waals surface area contributed by atoms with Gasteiger partial charge in [0, 0.05) is 24.6 Å². The van der Waals surface area contributed by atoms with Crippen LogP contribution in [-0.4, -0.2) is 18.9 Å². The fourth-order valence-electron chi connectivity index (χ4n) is 1.82. The third-order valence-corrected chi connectivity index (χ3v) is 4.25. The van der Waals surface area contributed by atoms with E-state index in [0.29, 0.717) is 5.41 Å². The lowest BCUT2D eigenvalue weighted by Crippen LogP contribution is -2.27. The van der Waals surface area contributed by atoms with E-state index in [0.717, 1.165) is 17.6 Å². The summed E-state index contributed by atoms with van der Waals surface area (Å²) in [7, 11) is 2.03. The Morgan fingerprint density at radius 3 is 2.73 bits per heavy atom. The van der Waals surface area contributed by atoms with Crippen LogP contribution in [0.4, 0.5) is 10.1 Å². The summed E-state index contributed by atoms with van der Waals surface area (Å²) in [4.78, 5) is 2.14. The van der Waals surface area contributed by atoms with Crippen LogP contribution in [0.3, 0.4) is 0 Å². The zero-order valence-corrected chi connectivity index (χ0v) is 10.4. The van der Waals surface area contributed by atoms with Crippen LogP contribution < -0.4 is 4.90 Å². The average Bonchev–Trinajstić information content (AvgIpc) is 2.98. The fourth-order valence-corrected chi connectivity index (χ4v) is 2.56. The molecule has 0 aromatic heterocycles. The van der Waals surface area contributed by atoms with Crippen LogP contribution in [0.15, 0.2) is 24.3 Å². The van der Waals surface area contributed by atoms with E-state index in [1.807, 2.05) is 13.1 Å². The summed E-state index contributed by atoms with van der Waals surface area (Å²) in [6.45, 7) is 1.00. The standard InChI is InChI=1S/C12H15BrFN/c1-15(9-12(8-13)5-6-12)11-4-2-3-10(14)7-11/h2-4,7H,5-6,8-9H2,1H3. The average molecular weight is 272 g/mol. The van der Waals surface area contributed by atoms with Crippen molar-refractivity contribution in [2.45, 2.75) is 12.8 Å². The van der Waals surface area contributed by atoms with E-state index in [9.17, 15) is 4.39 Å². The van der Waals surface area contributed by atoms with Gasteiger partial charge >= 0.3 is 0 Å². The van der Waals surface area contributed by atoms with Crippen LogP contribution in [0, 0.1) is 11.2 Å². The molecule has 15 heavy (non-hydrogen) atoms. The number of halogens is 2. The number of benzene rings is 1. The molecule has 0 amide bonds. The van der Waals surface area contributed by atoms with E-state index in [2.05, 4.69) is 20.8 Å². The normalized spacial score (nSPS) is 17.5. The van der Waals surface area contributed by atoms with Gasteiger partial charge < -0.3 is 4.90 Å². The highest BCUT2D eigenvalue weighted by atomic mass is 79.9. The van der Waals surface area contributed by atoms with Gasteiger partial charge in [-0.05, 0) is 36.5 Å². The molecule has 1 saturated carbocycles. The molecule has 0 aliphatic heterocycles. The Hall–Kier alpha value is -0.570. The summed E-state index contributed by atoms with van der Waals surface area (Å²) in [5, 5.41) is 1.04. The van der Waals surface area contributed by atoms with Crippen molar-refractivity contribution >= 4 is 21.6 Å². The Bertz CT molecular complexity index is 349. The van der Waals surface area contributed by atoms with Crippen LogP contribution in [0.2, 0.25) is 0 Å². The lowest BCUT2D eigenvalue weighted by atomic mass is 10.1. The van der Waals surface area contributed by atoms with Crippen molar-refractivity contribution in [1.82, 2.24) is 0 Å². The van der Waals surface area contributed by atoms with Crippen molar-refractivity contribution in [2.24, 2.45) is 5.41 Å². The summed E-state index contributed by atoms with van der Waals surface area (Å²) in [5.41, 5.74) is 1.39. The Labute approximate surface area is 98.4 Å². The molecule has 1 aliphatic rings. The van der Waals surface area contributed by atoms with Crippen LogP contribution in [0.25, 0.3) is 0 Å². The largest absolute Gasteiger partial charge is 0.374 e. The highest BCUT2D eigenvalue weighted by Gasteiger charge is 2.42. The molecule has 1 aliphatic carbocycles. The molecule has 1 aromatic carbocycles. The second-order valence-corrected chi connectivity index (χ2v) is 5.03. The maximum Gasteiger partial charge on any atom is 0.125 e. The first-order valence-electron chi connectivity index (χ1n) is 5.18. The van der Waals surface area contributed by atoms with Crippen molar-refractivity contribution in [3.63, 3.8) is 0 Å². The Morgan fingerprint density at radius 2 is 2.20 bits per heavy atom. The van der Waals surface area contributed by atoms with E-state index in [-0.39, 0.29) is 5.82 Å². The molecule has 1 fully saturated rings. The summed E-state index contributed by atoms with van der Waals surface area (Å²) >= 11 is 3.55. The number of rotatable bonds is 4. The van der Waals surface area contributed by atoms with Crippen LogP contribution >= 0.6 is 15.9 Å². The first-order valence-corrected chi connectivity index (χ1v) is 6.30. The summed E-state index contributed by atoms with van der Waals surface area (Å²) in [6, 6.07) is 6.78. The zero-order valence-electron chi connectivity index (χ0n) is 8.84. The molecule has 2 rings (SSSR count). The molecule has 3 heteroatoms. The first kappa shape index (κ1) is 10.9. The van der Waals surface area contributed by atoms with E-state index >= 15 is 0 Å². The minimum absolute atomic E-state index is 0.164. The molecular formula is C12H15BrFN. The molecule has 0 unspecified atom stereocenters. The van der Waals surface area contributed by atoms with Crippen molar-refractivity contribution < 1.29 is 4.39 Å². The van der Waals surface area contributed by atoms with Gasteiger partial charge in [-0.15, -0.1) is 0 Å². The smallest absolute Gasteiger partial charge is 0.125 e. The van der Waals surface area contributed by atoms with Gasteiger partial charge in [0.05, 0.1) is 0 Å². The van der Waals surface area contributed by atoms with Crippen molar-refractivity contribution in [3.05, 3.63) is 30.1 Å². The third-order valence-electron chi connectivity index (χ3n) is 3.06. The number of nitrogens with zero attached hydrogens (tertiary/aromatic N) is 1. The second kappa shape index (κ2) is 4.12. The van der Waals surface area contributed by atoms with Gasteiger partial charge in [-0.1, -0.05) is 22.0 Å². The molecule has 1 nitrogen and oxygen atoms in total. The molecule has 0 N–H and O–H groups in total. The van der Waals surface area contributed by atoms with E-state index in [1.54, 1.807) is 12.1 Å². The van der Waals surface area contributed by atoms with E-state index in [1.165, 1.54) is 18.9 Å². The quantitative estimate of drug-likeness (QED) is 0.759. The Kier molecular flexibility index (Phi) is 3.01. The molecule has 0 atom stereocenters. The minimum Gasteiger partial charge on any atom is -0.374 e. The minimum atomic E-state index is -0.164. The number of hydrogen-bond donors (Lipinski definition) is 0. The van der Waals surface area contributed by atoms with Gasteiger partial charge in [0.15, 0.2) is 0 Å². The van der Waals surface area contributed by atoms with E-state index in [4.69, 9.17) is 0 Å². The molecule has 1 aromatic rings. The Balaban J connectivity index is 2.04. The summed E-state index contributed by atoms with van der Waals surface area (Å²) in [5.74, 6) is -0.164. The van der Waals surface area contributed by atoms with Gasteiger partial charge in [0.25, 0.3) is 0 Å². The van der Waals surface area contributed by atoms with Crippen LogP contribution in [0.5, 0.6) is 0 Å². The highest BCUT2D eigenvalue weighted by molar-refractivity contribution is 9.09. The fraction of sp³-hybridized carbons (Fsp3) is 0.500. The van der Waals surface area contributed by atoms with Gasteiger partial charge in [-0.25, -0.2) is 4.39 Å². The topological polar surface area (TPSA) is 3.24 Å². The highest BCUT2D eigenvalue weighted by Crippen LogP contribution is 2.47. The lowest BCUT2D eigenvalue weighted by molar-refractivity contribution is 0.581. The van der Waals surface area contributed by atoms with Crippen LogP contribution in [-0.2, 0) is 0 Å². The third kappa shape index (κ3) is 2.51. The summed E-state index contributed by atoms with van der Waals surface area (Å²) < 4.78 is 13.0. The van der Waals surface area contributed by atoms with Gasteiger partial charge in [-0.3, -0.25) is 0 Å². The molecule has 0 saturated heterocycles. The molecule has 0 heterocycles. The maximum atomic E-state index is 13.0. The first-order chi connectivity index (χ1) is 7.15. The zero-order chi connectivity index (χ0) is 10.9. The predicted octanol–water partition coefficient (Wildman–Crippen LogP) is 3.44. The monoisotopic (exact) mass is 271 g/mol. The van der Waals surface area contributed by atoms with Crippen molar-refractivity contribution in [3.8, 4) is 0 Å². The molecule has 0 spiro atoms. The van der Waals surface area contributed by atoms with Gasteiger partial charge in [-0.2, -0.15) is 0 Å². The van der Waals surface area contributed by atoms with E-state index < -0.39 is 0 Å². The van der Waals surface area contributed by atoms with Crippen LogP contribution in [0.1, 0.15) is 12.8 Å². The van der Waals surface area contributed by atoms with Crippen molar-refractivity contribution in [2.75, 3.05) is 23.8 Å². The predicted molar refractivity (Wildman–Crippen MR) is 65.1 cm³/mol.